The maximum Gasteiger partial charge on any atom is 0.126 e. The number of hydrogen-bond acceptors (Lipinski definition) is 3. The second kappa shape index (κ2) is 4.01. The van der Waals surface area contributed by atoms with Crippen LogP contribution in [-0.2, 0) is 4.79 Å². The van der Waals surface area contributed by atoms with Crippen LogP contribution in [0.25, 0.3) is 0 Å². The summed E-state index contributed by atoms with van der Waals surface area (Å²) in [6.45, 7) is 3.56. The standard InChI is InChI=1S/C10H18O2S/c1-9(2,12)7-10(8-11)3-5-13-6-4-10/h8,12H,3-7H2,1-2H3. The molecule has 1 saturated heterocycles. The molecule has 2 nitrogen and oxygen atoms in total. The van der Waals surface area contributed by atoms with Gasteiger partial charge in [0.15, 0.2) is 0 Å². The van der Waals surface area contributed by atoms with Gasteiger partial charge in [-0.2, -0.15) is 11.8 Å². The largest absolute Gasteiger partial charge is 0.390 e. The van der Waals surface area contributed by atoms with E-state index in [0.29, 0.717) is 6.42 Å². The van der Waals surface area contributed by atoms with Crippen molar-refractivity contribution in [2.45, 2.75) is 38.7 Å². The molecular weight excluding hydrogens is 184 g/mol. The second-order valence-electron chi connectivity index (χ2n) is 4.58. The Bertz CT molecular complexity index is 178. The highest BCUT2D eigenvalue weighted by molar-refractivity contribution is 7.99. The van der Waals surface area contributed by atoms with Gasteiger partial charge in [0.2, 0.25) is 0 Å². The van der Waals surface area contributed by atoms with Gasteiger partial charge in [0.1, 0.15) is 6.29 Å². The summed E-state index contributed by atoms with van der Waals surface area (Å²) < 4.78 is 0. The molecule has 0 amide bonds. The van der Waals surface area contributed by atoms with Gasteiger partial charge < -0.3 is 9.90 Å². The van der Waals surface area contributed by atoms with Gasteiger partial charge in [-0.05, 0) is 44.6 Å². The van der Waals surface area contributed by atoms with Crippen LogP contribution in [0.1, 0.15) is 33.1 Å². The van der Waals surface area contributed by atoms with E-state index in [4.69, 9.17) is 0 Å². The lowest BCUT2D eigenvalue weighted by molar-refractivity contribution is -0.120. The summed E-state index contributed by atoms with van der Waals surface area (Å²) in [6, 6.07) is 0. The lowest BCUT2D eigenvalue weighted by Gasteiger charge is -2.36. The van der Waals surface area contributed by atoms with Gasteiger partial charge in [-0.1, -0.05) is 0 Å². The van der Waals surface area contributed by atoms with Crippen molar-refractivity contribution < 1.29 is 9.90 Å². The predicted octanol–water partition coefficient (Wildman–Crippen LogP) is 1.86. The van der Waals surface area contributed by atoms with Crippen molar-refractivity contribution in [3.63, 3.8) is 0 Å². The summed E-state index contributed by atoms with van der Waals surface area (Å²) in [5.74, 6) is 2.10. The van der Waals surface area contributed by atoms with Crippen LogP contribution in [0.4, 0.5) is 0 Å². The molecule has 1 heterocycles. The molecule has 1 aliphatic rings. The van der Waals surface area contributed by atoms with Crippen molar-refractivity contribution in [3.8, 4) is 0 Å². The fourth-order valence-corrected chi connectivity index (χ4v) is 3.28. The van der Waals surface area contributed by atoms with Crippen molar-refractivity contribution in [2.75, 3.05) is 11.5 Å². The molecule has 1 N–H and O–H groups in total. The minimum Gasteiger partial charge on any atom is -0.390 e. The fourth-order valence-electron chi connectivity index (χ4n) is 1.98. The number of aliphatic hydroxyl groups is 1. The molecule has 0 aromatic heterocycles. The van der Waals surface area contributed by atoms with E-state index in [9.17, 15) is 9.90 Å². The first-order valence-corrected chi connectivity index (χ1v) is 5.89. The monoisotopic (exact) mass is 202 g/mol. The van der Waals surface area contributed by atoms with Crippen molar-refractivity contribution in [1.82, 2.24) is 0 Å². The number of thioether (sulfide) groups is 1. The van der Waals surface area contributed by atoms with E-state index >= 15 is 0 Å². The van der Waals surface area contributed by atoms with Gasteiger partial charge >= 0.3 is 0 Å². The van der Waals surface area contributed by atoms with E-state index < -0.39 is 5.60 Å². The van der Waals surface area contributed by atoms with Crippen LogP contribution in [0.5, 0.6) is 0 Å². The molecule has 1 fully saturated rings. The van der Waals surface area contributed by atoms with Crippen LogP contribution in [0.15, 0.2) is 0 Å². The Balaban J connectivity index is 2.63. The summed E-state index contributed by atoms with van der Waals surface area (Å²) in [4.78, 5) is 11.0. The highest BCUT2D eigenvalue weighted by Crippen LogP contribution is 2.39. The zero-order valence-corrected chi connectivity index (χ0v) is 9.19. The lowest BCUT2D eigenvalue weighted by atomic mass is 9.75. The van der Waals surface area contributed by atoms with Gasteiger partial charge in [-0.15, -0.1) is 0 Å². The molecule has 0 aliphatic carbocycles. The van der Waals surface area contributed by atoms with Crippen molar-refractivity contribution in [3.05, 3.63) is 0 Å². The zero-order valence-electron chi connectivity index (χ0n) is 8.38. The number of carbonyl (C=O) groups excluding carboxylic acids is 1. The van der Waals surface area contributed by atoms with Gasteiger partial charge in [0, 0.05) is 5.41 Å². The Hall–Kier alpha value is -0.0200. The van der Waals surface area contributed by atoms with E-state index in [1.165, 1.54) is 0 Å². The summed E-state index contributed by atoms with van der Waals surface area (Å²) in [6.07, 6.45) is 3.51. The van der Waals surface area contributed by atoms with Gasteiger partial charge in [-0.3, -0.25) is 0 Å². The maximum atomic E-state index is 11.0. The van der Waals surface area contributed by atoms with Crippen molar-refractivity contribution in [1.29, 1.82) is 0 Å². The molecule has 1 aliphatic heterocycles. The molecule has 0 saturated carbocycles. The normalized spacial score (nSPS) is 22.7. The number of rotatable bonds is 3. The first kappa shape index (κ1) is 11.1. The third kappa shape index (κ3) is 3.31. The molecule has 0 bridgehead atoms. The smallest absolute Gasteiger partial charge is 0.126 e. The van der Waals surface area contributed by atoms with Crippen molar-refractivity contribution >= 4 is 18.0 Å². The summed E-state index contributed by atoms with van der Waals surface area (Å²) in [5, 5.41) is 9.70. The zero-order chi connectivity index (χ0) is 9.95. The second-order valence-corrected chi connectivity index (χ2v) is 5.81. The molecule has 0 atom stereocenters. The third-order valence-corrected chi connectivity index (χ3v) is 3.51. The molecule has 1 rings (SSSR count). The Morgan fingerprint density at radius 2 is 2.00 bits per heavy atom. The average molecular weight is 202 g/mol. The minimum atomic E-state index is -0.719. The van der Waals surface area contributed by atoms with E-state index in [-0.39, 0.29) is 5.41 Å². The van der Waals surface area contributed by atoms with Crippen LogP contribution in [0.3, 0.4) is 0 Å². The van der Waals surface area contributed by atoms with E-state index in [1.807, 2.05) is 11.8 Å². The van der Waals surface area contributed by atoms with Gasteiger partial charge in [0.05, 0.1) is 5.60 Å². The quantitative estimate of drug-likeness (QED) is 0.710. The number of carbonyl (C=O) groups is 1. The molecule has 0 unspecified atom stereocenters. The highest BCUT2D eigenvalue weighted by atomic mass is 32.2. The molecule has 3 heteroatoms. The first-order chi connectivity index (χ1) is 5.97. The molecule has 13 heavy (non-hydrogen) atoms. The topological polar surface area (TPSA) is 37.3 Å². The number of hydrogen-bond donors (Lipinski definition) is 1. The van der Waals surface area contributed by atoms with Crippen LogP contribution in [0, 0.1) is 5.41 Å². The highest BCUT2D eigenvalue weighted by Gasteiger charge is 2.36. The van der Waals surface area contributed by atoms with Crippen LogP contribution in [-0.4, -0.2) is 28.5 Å². The minimum absolute atomic E-state index is 0.247. The third-order valence-electron chi connectivity index (χ3n) is 2.52. The summed E-state index contributed by atoms with van der Waals surface area (Å²) in [5.41, 5.74) is -0.966. The van der Waals surface area contributed by atoms with Gasteiger partial charge in [0.25, 0.3) is 0 Å². The first-order valence-electron chi connectivity index (χ1n) is 4.74. The van der Waals surface area contributed by atoms with Crippen molar-refractivity contribution in [2.24, 2.45) is 5.41 Å². The molecule has 76 valence electrons. The molecule has 0 aromatic carbocycles. The Labute approximate surface area is 84.1 Å². The molecule has 0 radical (unpaired) electrons. The Morgan fingerprint density at radius 1 is 1.46 bits per heavy atom. The molecular formula is C10H18O2S. The van der Waals surface area contributed by atoms with Gasteiger partial charge in [-0.25, -0.2) is 0 Å². The Kier molecular flexibility index (Phi) is 3.41. The van der Waals surface area contributed by atoms with E-state index in [0.717, 1.165) is 30.6 Å². The predicted molar refractivity (Wildman–Crippen MR) is 56.0 cm³/mol. The molecule has 0 spiro atoms. The SMILES string of the molecule is CC(C)(O)CC1(C=O)CCSCC1. The molecule has 0 aromatic rings. The summed E-state index contributed by atoms with van der Waals surface area (Å²) >= 11 is 1.90. The lowest BCUT2D eigenvalue weighted by Crippen LogP contribution is -2.36. The van der Waals surface area contributed by atoms with Crippen LogP contribution in [0.2, 0.25) is 0 Å². The Morgan fingerprint density at radius 3 is 2.38 bits per heavy atom. The van der Waals surface area contributed by atoms with Crippen LogP contribution < -0.4 is 0 Å². The maximum absolute atomic E-state index is 11.0. The number of aldehydes is 1. The fraction of sp³-hybridized carbons (Fsp3) is 0.900. The van der Waals surface area contributed by atoms with E-state index in [2.05, 4.69) is 0 Å². The van der Waals surface area contributed by atoms with E-state index in [1.54, 1.807) is 13.8 Å². The van der Waals surface area contributed by atoms with Crippen LogP contribution >= 0.6 is 11.8 Å². The summed E-state index contributed by atoms with van der Waals surface area (Å²) in [7, 11) is 0. The average Bonchev–Trinajstić information content (AvgIpc) is 2.03.